The number of benzene rings is 2. The van der Waals surface area contributed by atoms with Crippen LogP contribution in [-0.4, -0.2) is 18.3 Å². The quantitative estimate of drug-likeness (QED) is 0.405. The smallest absolute Gasteiger partial charge is 0.200 e. The Labute approximate surface area is 174 Å². The van der Waals surface area contributed by atoms with Crippen molar-refractivity contribution < 1.29 is 13.2 Å². The zero-order chi connectivity index (χ0) is 21.1. The highest BCUT2D eigenvalue weighted by Gasteiger charge is 2.09. The van der Waals surface area contributed by atoms with Crippen LogP contribution in [-0.2, 0) is 24.9 Å². The number of rotatable bonds is 4. The van der Waals surface area contributed by atoms with Crippen molar-refractivity contribution in [2.24, 2.45) is 7.05 Å². The Morgan fingerprint density at radius 2 is 2.00 bits per heavy atom. The van der Waals surface area contributed by atoms with Crippen LogP contribution in [0.15, 0.2) is 70.5 Å². The Morgan fingerprint density at radius 1 is 1.20 bits per heavy atom. The lowest BCUT2D eigenvalue weighted by Gasteiger charge is -2.08. The summed E-state index contributed by atoms with van der Waals surface area (Å²) in [6.45, 7) is 0.186. The molecule has 2 aromatic carbocycles. The van der Waals surface area contributed by atoms with Crippen molar-refractivity contribution >= 4 is 22.2 Å². The molecule has 150 valence electrons. The number of aromatic nitrogens is 2. The minimum absolute atomic E-state index is 0.145. The van der Waals surface area contributed by atoms with Crippen LogP contribution in [0.5, 0.6) is 0 Å². The molecule has 0 aliphatic carbocycles. The fraction of sp³-hybridized carbons (Fsp3) is 0.0909. The predicted octanol–water partition coefficient (Wildman–Crippen LogP) is 2.48. The molecule has 0 fully saturated rings. The molecular formula is C22H16N3O4S-. The molecule has 0 amide bonds. The Balaban J connectivity index is 1.63. The lowest BCUT2D eigenvalue weighted by atomic mass is 10.0. The lowest BCUT2D eigenvalue weighted by Crippen LogP contribution is -2.15. The lowest BCUT2D eigenvalue weighted by molar-refractivity contribution is 0.522. The van der Waals surface area contributed by atoms with Crippen LogP contribution in [0.25, 0.3) is 22.1 Å². The maximum Gasteiger partial charge on any atom is 0.200 e. The van der Waals surface area contributed by atoms with Gasteiger partial charge in [0, 0.05) is 30.4 Å². The molecule has 8 heteroatoms. The summed E-state index contributed by atoms with van der Waals surface area (Å²) in [4.78, 5) is 17.0. The van der Waals surface area contributed by atoms with E-state index in [1.54, 1.807) is 55.0 Å². The summed E-state index contributed by atoms with van der Waals surface area (Å²) in [6.07, 6.45) is 4.80. The molecule has 2 aromatic heterocycles. The van der Waals surface area contributed by atoms with Crippen molar-refractivity contribution in [2.75, 3.05) is 0 Å². The van der Waals surface area contributed by atoms with Crippen LogP contribution in [0, 0.1) is 11.8 Å². The number of imidazole rings is 1. The first-order valence-electron chi connectivity index (χ1n) is 8.97. The second-order valence-electron chi connectivity index (χ2n) is 6.58. The summed E-state index contributed by atoms with van der Waals surface area (Å²) in [5, 5.41) is 0.464. The van der Waals surface area contributed by atoms with Gasteiger partial charge in [-0.2, -0.15) is 0 Å². The van der Waals surface area contributed by atoms with Gasteiger partial charge in [0.25, 0.3) is 0 Å². The van der Waals surface area contributed by atoms with E-state index < -0.39 is 11.3 Å². The molecule has 0 aliphatic rings. The maximum atomic E-state index is 12.9. The second-order valence-corrected chi connectivity index (χ2v) is 7.34. The molecular weight excluding hydrogens is 402 g/mol. The van der Waals surface area contributed by atoms with E-state index in [-0.39, 0.29) is 12.0 Å². The number of hydrogen-bond donors (Lipinski definition) is 1. The number of nitrogens with one attached hydrogen (secondary N) is 1. The van der Waals surface area contributed by atoms with Gasteiger partial charge < -0.3 is 13.5 Å². The van der Waals surface area contributed by atoms with Crippen LogP contribution < -0.4 is 10.2 Å². The van der Waals surface area contributed by atoms with Gasteiger partial charge in [0.1, 0.15) is 17.5 Å². The molecule has 7 nitrogen and oxygen atoms in total. The highest BCUT2D eigenvalue weighted by Crippen LogP contribution is 2.21. The summed E-state index contributed by atoms with van der Waals surface area (Å²) in [5.74, 6) is 6.08. The number of fused-ring (bicyclic) bond motifs is 1. The van der Waals surface area contributed by atoms with Gasteiger partial charge in [0.05, 0.1) is 23.5 Å². The fourth-order valence-electron chi connectivity index (χ4n) is 2.96. The Bertz CT molecular complexity index is 1360. The van der Waals surface area contributed by atoms with Gasteiger partial charge >= 0.3 is 0 Å². The minimum Gasteiger partial charge on any atom is -0.760 e. The first-order chi connectivity index (χ1) is 14.5. The van der Waals surface area contributed by atoms with E-state index in [0.29, 0.717) is 22.1 Å². The van der Waals surface area contributed by atoms with E-state index in [1.165, 1.54) is 6.26 Å². The molecule has 4 aromatic rings. The van der Waals surface area contributed by atoms with Gasteiger partial charge in [0.15, 0.2) is 5.43 Å². The van der Waals surface area contributed by atoms with E-state index in [1.807, 2.05) is 11.6 Å². The molecule has 1 unspecified atom stereocenters. The number of aryl methyl sites for hydroxylation is 1. The Hall–Kier alpha value is -3.51. The van der Waals surface area contributed by atoms with Crippen LogP contribution >= 0.6 is 0 Å². The number of nitrogens with zero attached hydrogens (tertiary/aromatic N) is 2. The van der Waals surface area contributed by atoms with E-state index in [9.17, 15) is 13.6 Å². The van der Waals surface area contributed by atoms with Crippen LogP contribution in [0.3, 0.4) is 0 Å². The van der Waals surface area contributed by atoms with Crippen molar-refractivity contribution in [3.05, 3.63) is 88.3 Å². The summed E-state index contributed by atoms with van der Waals surface area (Å²) in [6, 6.07) is 12.3. The molecule has 0 aliphatic heterocycles. The van der Waals surface area contributed by atoms with Crippen molar-refractivity contribution in [1.82, 2.24) is 14.3 Å². The van der Waals surface area contributed by atoms with Gasteiger partial charge in [-0.15, -0.1) is 0 Å². The molecule has 0 saturated heterocycles. The van der Waals surface area contributed by atoms with Gasteiger partial charge in [-0.25, -0.2) is 9.71 Å². The Kier molecular flexibility index (Phi) is 5.59. The van der Waals surface area contributed by atoms with Crippen molar-refractivity contribution in [2.45, 2.75) is 6.54 Å². The first-order valence-corrected chi connectivity index (χ1v) is 10.0. The molecule has 0 bridgehead atoms. The monoisotopic (exact) mass is 418 g/mol. The van der Waals surface area contributed by atoms with E-state index >= 15 is 0 Å². The van der Waals surface area contributed by atoms with Crippen molar-refractivity contribution in [3.63, 3.8) is 0 Å². The molecule has 2 heterocycles. The van der Waals surface area contributed by atoms with E-state index in [0.717, 1.165) is 16.8 Å². The van der Waals surface area contributed by atoms with Gasteiger partial charge in [0.2, 0.25) is 0 Å². The maximum absolute atomic E-state index is 12.9. The predicted molar refractivity (Wildman–Crippen MR) is 113 cm³/mol. The number of hydrogen-bond acceptors (Lipinski definition) is 5. The zero-order valence-electron chi connectivity index (χ0n) is 15.9. The Morgan fingerprint density at radius 3 is 2.70 bits per heavy atom. The van der Waals surface area contributed by atoms with Crippen molar-refractivity contribution in [1.29, 1.82) is 0 Å². The zero-order valence-corrected chi connectivity index (χ0v) is 16.7. The van der Waals surface area contributed by atoms with E-state index in [2.05, 4.69) is 21.5 Å². The molecule has 1 N–H and O–H groups in total. The third-order valence-corrected chi connectivity index (χ3v) is 4.97. The summed E-state index contributed by atoms with van der Waals surface area (Å²) >= 11 is -2.32. The largest absolute Gasteiger partial charge is 0.760 e. The average Bonchev–Trinajstić information content (AvgIpc) is 3.16. The summed E-state index contributed by atoms with van der Waals surface area (Å²) in [5.41, 5.74) is 3.73. The van der Waals surface area contributed by atoms with Gasteiger partial charge in [-0.3, -0.25) is 9.00 Å². The molecule has 0 radical (unpaired) electrons. The first kappa shape index (κ1) is 19.8. The van der Waals surface area contributed by atoms with Crippen LogP contribution in [0.4, 0.5) is 0 Å². The van der Waals surface area contributed by atoms with Gasteiger partial charge in [-0.1, -0.05) is 30.2 Å². The molecule has 4 rings (SSSR count). The SMILES string of the molecule is Cn1cncc1C#Cc1ccc2c(=O)c(-c3ccc(CNS(=O)[O-])cc3)coc2c1. The van der Waals surface area contributed by atoms with Gasteiger partial charge in [-0.05, 0) is 35.2 Å². The fourth-order valence-corrected chi connectivity index (χ4v) is 3.25. The standard InChI is InChI=1S/C22H17N3O4S/c1-25-14-23-12-18(25)8-4-15-5-9-19-21(10-15)29-13-20(22(19)26)17-6-2-16(3-7-17)11-24-30(27)28/h2-3,5-7,9-10,12-14,24H,11H2,1H3,(H,27,28)/p-1. The third-order valence-electron chi connectivity index (χ3n) is 4.59. The van der Waals surface area contributed by atoms with Crippen LogP contribution in [0.2, 0.25) is 0 Å². The molecule has 0 saturated carbocycles. The van der Waals surface area contributed by atoms with Crippen molar-refractivity contribution in [3.8, 4) is 23.0 Å². The molecule has 0 spiro atoms. The highest BCUT2D eigenvalue weighted by atomic mass is 32.2. The second kappa shape index (κ2) is 8.47. The van der Waals surface area contributed by atoms with Crippen LogP contribution in [0.1, 0.15) is 16.8 Å². The summed E-state index contributed by atoms with van der Waals surface area (Å²) in [7, 11) is 1.87. The average molecular weight is 418 g/mol. The highest BCUT2D eigenvalue weighted by molar-refractivity contribution is 7.77. The molecule has 30 heavy (non-hydrogen) atoms. The normalized spacial score (nSPS) is 11.8. The van der Waals surface area contributed by atoms with E-state index in [4.69, 9.17) is 4.42 Å². The molecule has 1 atom stereocenters. The topological polar surface area (TPSA) is 100 Å². The minimum atomic E-state index is -2.32. The summed E-state index contributed by atoms with van der Waals surface area (Å²) < 4.78 is 31.0. The third kappa shape index (κ3) is 4.23.